The van der Waals surface area contributed by atoms with Gasteiger partial charge in [-0.15, -0.1) is 11.3 Å². The topological polar surface area (TPSA) is 76.1 Å². The van der Waals surface area contributed by atoms with Crippen LogP contribution >= 0.6 is 11.3 Å². The van der Waals surface area contributed by atoms with Crippen molar-refractivity contribution >= 4 is 32.2 Å². The first-order valence-electron chi connectivity index (χ1n) is 7.03. The number of nitrogens with zero attached hydrogens (tertiary/aromatic N) is 1. The van der Waals surface area contributed by atoms with Crippen LogP contribution in [0.15, 0.2) is 35.7 Å². The number of hydrogen-bond acceptors (Lipinski definition) is 5. The van der Waals surface area contributed by atoms with Crippen molar-refractivity contribution in [2.45, 2.75) is 12.8 Å². The standard InChI is InChI=1S/C15H16N2O3S2/c18-14(8-11-6-7-22(19,20)10-11)17-15-16-13(9-21-15)12-4-2-1-3-5-12/h1-5,9,11H,6-8,10H2,(H,16,17,18)/t11-/m1/s1. The van der Waals surface area contributed by atoms with Gasteiger partial charge in [0.15, 0.2) is 15.0 Å². The van der Waals surface area contributed by atoms with Crippen LogP contribution < -0.4 is 5.32 Å². The summed E-state index contributed by atoms with van der Waals surface area (Å²) < 4.78 is 22.8. The summed E-state index contributed by atoms with van der Waals surface area (Å²) in [5, 5.41) is 5.20. The zero-order valence-electron chi connectivity index (χ0n) is 11.9. The summed E-state index contributed by atoms with van der Waals surface area (Å²) in [4.78, 5) is 16.4. The first kappa shape index (κ1) is 15.2. The summed E-state index contributed by atoms with van der Waals surface area (Å²) >= 11 is 1.37. The number of aromatic nitrogens is 1. The van der Waals surface area contributed by atoms with Crippen molar-refractivity contribution in [1.29, 1.82) is 0 Å². The van der Waals surface area contributed by atoms with Gasteiger partial charge in [-0.05, 0) is 12.3 Å². The van der Waals surface area contributed by atoms with Gasteiger partial charge in [-0.3, -0.25) is 4.79 Å². The highest BCUT2D eigenvalue weighted by atomic mass is 32.2. The van der Waals surface area contributed by atoms with Crippen molar-refractivity contribution in [1.82, 2.24) is 4.98 Å². The Bertz CT molecular complexity index is 769. The van der Waals surface area contributed by atoms with Crippen LogP contribution in [-0.2, 0) is 14.6 Å². The van der Waals surface area contributed by atoms with Crippen LogP contribution in [0.2, 0.25) is 0 Å². The van der Waals surface area contributed by atoms with Crippen LogP contribution in [0, 0.1) is 5.92 Å². The molecular formula is C15H16N2O3S2. The Kier molecular flexibility index (Phi) is 4.26. The van der Waals surface area contributed by atoms with Gasteiger partial charge < -0.3 is 5.32 Å². The van der Waals surface area contributed by atoms with Gasteiger partial charge >= 0.3 is 0 Å². The molecule has 0 saturated carbocycles. The van der Waals surface area contributed by atoms with Crippen LogP contribution in [0.1, 0.15) is 12.8 Å². The molecule has 7 heteroatoms. The molecule has 1 aromatic carbocycles. The number of thiazole rings is 1. The lowest BCUT2D eigenvalue weighted by Gasteiger charge is -2.06. The number of sulfone groups is 1. The minimum absolute atomic E-state index is 0.0708. The second-order valence-electron chi connectivity index (χ2n) is 5.43. The molecule has 0 aliphatic carbocycles. The largest absolute Gasteiger partial charge is 0.302 e. The molecule has 1 aromatic heterocycles. The molecule has 1 N–H and O–H groups in total. The Morgan fingerprint density at radius 1 is 1.32 bits per heavy atom. The maximum atomic E-state index is 12.0. The third-order valence-corrected chi connectivity index (χ3v) is 6.22. The third-order valence-electron chi connectivity index (χ3n) is 3.62. The van der Waals surface area contributed by atoms with E-state index in [-0.39, 0.29) is 29.8 Å². The highest BCUT2D eigenvalue weighted by Gasteiger charge is 2.29. The molecule has 0 spiro atoms. The van der Waals surface area contributed by atoms with Crippen molar-refractivity contribution in [2.24, 2.45) is 5.92 Å². The summed E-state index contributed by atoms with van der Waals surface area (Å²) in [5.41, 5.74) is 1.82. The molecule has 1 saturated heterocycles. The van der Waals surface area contributed by atoms with E-state index in [4.69, 9.17) is 0 Å². The van der Waals surface area contributed by atoms with E-state index in [0.29, 0.717) is 11.6 Å². The number of amides is 1. The van der Waals surface area contributed by atoms with Crippen LogP contribution in [0.4, 0.5) is 5.13 Å². The lowest BCUT2D eigenvalue weighted by Crippen LogP contribution is -2.17. The van der Waals surface area contributed by atoms with Gasteiger partial charge in [0.1, 0.15) is 0 Å². The molecule has 5 nitrogen and oxygen atoms in total. The van der Waals surface area contributed by atoms with E-state index in [1.807, 2.05) is 35.7 Å². The Morgan fingerprint density at radius 3 is 2.77 bits per heavy atom. The van der Waals surface area contributed by atoms with E-state index in [1.54, 1.807) is 0 Å². The lowest BCUT2D eigenvalue weighted by atomic mass is 10.1. The van der Waals surface area contributed by atoms with Gasteiger partial charge in [-0.1, -0.05) is 30.3 Å². The van der Waals surface area contributed by atoms with Crippen molar-refractivity contribution in [2.75, 3.05) is 16.8 Å². The molecule has 0 unspecified atom stereocenters. The van der Waals surface area contributed by atoms with Crippen molar-refractivity contribution in [3.05, 3.63) is 35.7 Å². The fourth-order valence-electron chi connectivity index (χ4n) is 2.54. The summed E-state index contributed by atoms with van der Waals surface area (Å²) in [6.07, 6.45) is 0.808. The van der Waals surface area contributed by atoms with E-state index in [1.165, 1.54) is 11.3 Å². The molecule has 2 aromatic rings. The number of anilines is 1. The maximum absolute atomic E-state index is 12.0. The summed E-state index contributed by atoms with van der Waals surface area (Å²) in [5.74, 6) is 0.0723. The maximum Gasteiger partial charge on any atom is 0.226 e. The molecule has 2 heterocycles. The van der Waals surface area contributed by atoms with E-state index in [0.717, 1.165) is 11.3 Å². The molecule has 1 fully saturated rings. The quantitative estimate of drug-likeness (QED) is 0.931. The zero-order valence-corrected chi connectivity index (χ0v) is 13.5. The van der Waals surface area contributed by atoms with Crippen LogP contribution in [0.5, 0.6) is 0 Å². The second-order valence-corrected chi connectivity index (χ2v) is 8.51. The average molecular weight is 336 g/mol. The Hall–Kier alpha value is -1.73. The van der Waals surface area contributed by atoms with Crippen molar-refractivity contribution in [3.63, 3.8) is 0 Å². The van der Waals surface area contributed by atoms with Gasteiger partial charge in [-0.2, -0.15) is 0 Å². The van der Waals surface area contributed by atoms with E-state index >= 15 is 0 Å². The van der Waals surface area contributed by atoms with E-state index < -0.39 is 9.84 Å². The number of nitrogens with one attached hydrogen (secondary N) is 1. The van der Waals surface area contributed by atoms with Gasteiger partial charge in [0.05, 0.1) is 17.2 Å². The van der Waals surface area contributed by atoms with Crippen molar-refractivity contribution < 1.29 is 13.2 Å². The molecule has 0 bridgehead atoms. The number of benzene rings is 1. The molecule has 1 aliphatic heterocycles. The van der Waals surface area contributed by atoms with Gasteiger partial charge in [-0.25, -0.2) is 13.4 Å². The fraction of sp³-hybridized carbons (Fsp3) is 0.333. The minimum Gasteiger partial charge on any atom is -0.302 e. The predicted molar refractivity (Wildman–Crippen MR) is 87.6 cm³/mol. The molecular weight excluding hydrogens is 320 g/mol. The Balaban J connectivity index is 1.60. The molecule has 0 radical (unpaired) electrons. The number of hydrogen-bond donors (Lipinski definition) is 1. The first-order valence-corrected chi connectivity index (χ1v) is 9.73. The minimum atomic E-state index is -2.94. The Morgan fingerprint density at radius 2 is 2.09 bits per heavy atom. The Labute approximate surface area is 133 Å². The smallest absolute Gasteiger partial charge is 0.226 e. The predicted octanol–water partition coefficient (Wildman–Crippen LogP) is 2.57. The van der Waals surface area contributed by atoms with Gasteiger partial charge in [0, 0.05) is 17.4 Å². The molecule has 3 rings (SSSR count). The molecule has 22 heavy (non-hydrogen) atoms. The SMILES string of the molecule is O=C(C[C@H]1CCS(=O)(=O)C1)Nc1nc(-c2ccccc2)cs1. The highest BCUT2D eigenvalue weighted by Crippen LogP contribution is 2.26. The van der Waals surface area contributed by atoms with Crippen LogP contribution in [0.25, 0.3) is 11.3 Å². The lowest BCUT2D eigenvalue weighted by molar-refractivity contribution is -0.116. The van der Waals surface area contributed by atoms with Gasteiger partial charge in [0.25, 0.3) is 0 Å². The second kappa shape index (κ2) is 6.18. The van der Waals surface area contributed by atoms with Gasteiger partial charge in [0.2, 0.25) is 5.91 Å². The van der Waals surface area contributed by atoms with Crippen LogP contribution in [0.3, 0.4) is 0 Å². The monoisotopic (exact) mass is 336 g/mol. The number of rotatable bonds is 4. The molecule has 1 atom stereocenters. The highest BCUT2D eigenvalue weighted by molar-refractivity contribution is 7.91. The number of carbonyl (C=O) groups is 1. The summed E-state index contributed by atoms with van der Waals surface area (Å²) in [6, 6.07) is 9.74. The summed E-state index contributed by atoms with van der Waals surface area (Å²) in [7, 11) is -2.94. The molecule has 1 amide bonds. The number of carbonyl (C=O) groups excluding carboxylic acids is 1. The fourth-order valence-corrected chi connectivity index (χ4v) is 5.14. The third kappa shape index (κ3) is 3.72. The van der Waals surface area contributed by atoms with E-state index in [2.05, 4.69) is 10.3 Å². The zero-order chi connectivity index (χ0) is 15.6. The molecule has 1 aliphatic rings. The van der Waals surface area contributed by atoms with Crippen LogP contribution in [-0.4, -0.2) is 30.8 Å². The molecule has 116 valence electrons. The normalized spacial score (nSPS) is 19.9. The summed E-state index contributed by atoms with van der Waals surface area (Å²) in [6.45, 7) is 0. The first-order chi connectivity index (χ1) is 10.5. The average Bonchev–Trinajstić information content (AvgIpc) is 3.06. The van der Waals surface area contributed by atoms with E-state index in [9.17, 15) is 13.2 Å². The van der Waals surface area contributed by atoms with Crippen molar-refractivity contribution in [3.8, 4) is 11.3 Å².